The van der Waals surface area contributed by atoms with Gasteiger partial charge in [0.25, 0.3) is 0 Å². The Labute approximate surface area is 116 Å². The van der Waals surface area contributed by atoms with E-state index in [0.717, 1.165) is 12.3 Å². The Hall–Kier alpha value is -1.10. The van der Waals surface area contributed by atoms with Crippen molar-refractivity contribution in [3.8, 4) is 5.75 Å². The van der Waals surface area contributed by atoms with Crippen molar-refractivity contribution >= 4 is 0 Å². The Bertz CT molecular complexity index is 405. The molecular weight excluding hydrogens is 240 g/mol. The molecule has 1 unspecified atom stereocenters. The predicted octanol–water partition coefficient (Wildman–Crippen LogP) is 1.54. The first-order valence-electron chi connectivity index (χ1n) is 6.75. The van der Waals surface area contributed by atoms with Gasteiger partial charge >= 0.3 is 0 Å². The van der Waals surface area contributed by atoms with Crippen LogP contribution in [0.25, 0.3) is 0 Å². The topological polar surface area (TPSA) is 67.5 Å². The van der Waals surface area contributed by atoms with Gasteiger partial charge in [0.05, 0.1) is 13.2 Å². The van der Waals surface area contributed by atoms with Crippen molar-refractivity contribution in [1.29, 1.82) is 0 Å². The molecule has 0 heterocycles. The lowest BCUT2D eigenvalue weighted by molar-refractivity contribution is 0.179. The number of aliphatic hydroxyl groups excluding tert-OH is 1. The number of rotatable bonds is 7. The zero-order valence-corrected chi connectivity index (χ0v) is 12.4. The molecule has 4 heteroatoms. The largest absolute Gasteiger partial charge is 0.496 e. The highest BCUT2D eigenvalue weighted by Gasteiger charge is 2.11. The molecule has 108 valence electrons. The molecular formula is C15H26N2O2. The highest BCUT2D eigenvalue weighted by molar-refractivity contribution is 5.43. The molecule has 0 radical (unpaired) electrons. The van der Waals surface area contributed by atoms with Crippen LogP contribution in [-0.4, -0.2) is 31.4 Å². The van der Waals surface area contributed by atoms with Crippen molar-refractivity contribution in [2.75, 3.05) is 20.2 Å². The molecule has 1 rings (SSSR count). The summed E-state index contributed by atoms with van der Waals surface area (Å²) >= 11 is 0. The summed E-state index contributed by atoms with van der Waals surface area (Å²) in [5.74, 6) is 1.36. The number of aryl methyl sites for hydroxylation is 1. The number of aliphatic hydroxyl groups is 1. The minimum absolute atomic E-state index is 0.284. The lowest BCUT2D eigenvalue weighted by atomic mass is 9.96. The molecule has 0 amide bonds. The normalized spacial score (nSPS) is 12.8. The number of benzene rings is 1. The minimum atomic E-state index is -0.483. The van der Waals surface area contributed by atoms with Gasteiger partial charge in [-0.3, -0.25) is 0 Å². The van der Waals surface area contributed by atoms with E-state index in [-0.39, 0.29) is 6.54 Å². The van der Waals surface area contributed by atoms with E-state index >= 15 is 0 Å². The minimum Gasteiger partial charge on any atom is -0.496 e. The maximum atomic E-state index is 9.42. The zero-order valence-electron chi connectivity index (χ0n) is 12.4. The summed E-state index contributed by atoms with van der Waals surface area (Å²) in [6.45, 7) is 7.91. The zero-order chi connectivity index (χ0) is 14.4. The molecule has 0 aromatic heterocycles. The molecule has 0 aliphatic carbocycles. The Balaban J connectivity index is 2.80. The maximum Gasteiger partial charge on any atom is 0.122 e. The Morgan fingerprint density at radius 2 is 2.05 bits per heavy atom. The summed E-state index contributed by atoms with van der Waals surface area (Å²) in [5, 5.41) is 12.6. The van der Waals surface area contributed by atoms with Crippen LogP contribution in [0.2, 0.25) is 0 Å². The first kappa shape index (κ1) is 16.0. The Kier molecular flexibility index (Phi) is 6.28. The van der Waals surface area contributed by atoms with Crippen LogP contribution in [0.15, 0.2) is 12.1 Å². The lowest BCUT2D eigenvalue weighted by Gasteiger charge is -2.17. The summed E-state index contributed by atoms with van der Waals surface area (Å²) in [6.07, 6.45) is -0.483. The fraction of sp³-hybridized carbons (Fsp3) is 0.600. The van der Waals surface area contributed by atoms with Gasteiger partial charge in [0.2, 0.25) is 0 Å². The first-order valence-corrected chi connectivity index (χ1v) is 6.75. The van der Waals surface area contributed by atoms with Crippen molar-refractivity contribution in [2.24, 2.45) is 5.73 Å². The highest BCUT2D eigenvalue weighted by Crippen LogP contribution is 2.29. The van der Waals surface area contributed by atoms with Crippen molar-refractivity contribution in [3.63, 3.8) is 0 Å². The second kappa shape index (κ2) is 7.48. The standard InChI is InChI=1S/C15H26N2O2/c1-10(2)14-6-12(8-17-9-13(18)7-16)11(3)5-15(14)19-4/h5-6,10,13,17-18H,7-9,16H2,1-4H3. The lowest BCUT2D eigenvalue weighted by Crippen LogP contribution is -2.32. The van der Waals surface area contributed by atoms with Crippen LogP contribution in [0.3, 0.4) is 0 Å². The van der Waals surface area contributed by atoms with Gasteiger partial charge in [0.15, 0.2) is 0 Å². The van der Waals surface area contributed by atoms with Crippen LogP contribution >= 0.6 is 0 Å². The third-order valence-corrected chi connectivity index (χ3v) is 3.28. The number of hydrogen-bond donors (Lipinski definition) is 3. The molecule has 4 N–H and O–H groups in total. The summed E-state index contributed by atoms with van der Waals surface area (Å²) < 4.78 is 5.43. The highest BCUT2D eigenvalue weighted by atomic mass is 16.5. The van der Waals surface area contributed by atoms with Crippen LogP contribution in [-0.2, 0) is 6.54 Å². The van der Waals surface area contributed by atoms with E-state index in [4.69, 9.17) is 10.5 Å². The molecule has 0 saturated carbocycles. The van der Waals surface area contributed by atoms with Gasteiger partial charge in [0, 0.05) is 19.6 Å². The van der Waals surface area contributed by atoms with Crippen molar-refractivity contribution in [2.45, 2.75) is 39.3 Å². The SMILES string of the molecule is COc1cc(C)c(CNCC(O)CN)cc1C(C)C. The monoisotopic (exact) mass is 266 g/mol. The second-order valence-electron chi connectivity index (χ2n) is 5.20. The smallest absolute Gasteiger partial charge is 0.122 e. The predicted molar refractivity (Wildman–Crippen MR) is 78.6 cm³/mol. The summed E-state index contributed by atoms with van der Waals surface area (Å²) in [5.41, 5.74) is 9.01. The fourth-order valence-electron chi connectivity index (χ4n) is 2.02. The Morgan fingerprint density at radius 3 is 2.58 bits per heavy atom. The van der Waals surface area contributed by atoms with E-state index < -0.39 is 6.10 Å². The van der Waals surface area contributed by atoms with E-state index in [2.05, 4.69) is 38.2 Å². The summed E-state index contributed by atoms with van der Waals surface area (Å²) in [4.78, 5) is 0. The third-order valence-electron chi connectivity index (χ3n) is 3.28. The molecule has 0 spiro atoms. The quantitative estimate of drug-likeness (QED) is 0.700. The number of nitrogens with two attached hydrogens (primary N) is 1. The van der Waals surface area contributed by atoms with Crippen molar-refractivity contribution in [3.05, 3.63) is 28.8 Å². The van der Waals surface area contributed by atoms with Crippen molar-refractivity contribution in [1.82, 2.24) is 5.32 Å². The summed E-state index contributed by atoms with van der Waals surface area (Å²) in [6, 6.07) is 4.26. The molecule has 0 bridgehead atoms. The average molecular weight is 266 g/mol. The van der Waals surface area contributed by atoms with E-state index in [0.29, 0.717) is 12.5 Å². The third kappa shape index (κ3) is 4.49. The van der Waals surface area contributed by atoms with Crippen molar-refractivity contribution < 1.29 is 9.84 Å². The molecule has 4 nitrogen and oxygen atoms in total. The first-order chi connectivity index (χ1) is 8.99. The van der Waals surface area contributed by atoms with Crippen LogP contribution in [0.1, 0.15) is 36.5 Å². The summed E-state index contributed by atoms with van der Waals surface area (Å²) in [7, 11) is 1.70. The molecule has 0 saturated heterocycles. The van der Waals surface area contributed by atoms with Crippen LogP contribution in [0.4, 0.5) is 0 Å². The van der Waals surface area contributed by atoms with Crippen LogP contribution in [0, 0.1) is 6.92 Å². The van der Waals surface area contributed by atoms with Gasteiger partial charge in [0.1, 0.15) is 5.75 Å². The molecule has 1 aromatic rings. The fourth-order valence-corrected chi connectivity index (χ4v) is 2.02. The maximum absolute atomic E-state index is 9.42. The molecule has 1 atom stereocenters. The van der Waals surface area contributed by atoms with E-state index in [1.807, 2.05) is 0 Å². The Morgan fingerprint density at radius 1 is 1.37 bits per heavy atom. The number of ether oxygens (including phenoxy) is 1. The van der Waals surface area contributed by atoms with Gasteiger partial charge in [-0.05, 0) is 35.6 Å². The molecule has 0 aliphatic heterocycles. The molecule has 1 aromatic carbocycles. The van der Waals surface area contributed by atoms with E-state index in [1.54, 1.807) is 7.11 Å². The molecule has 19 heavy (non-hydrogen) atoms. The number of methoxy groups -OCH3 is 1. The van der Waals surface area contributed by atoms with Gasteiger partial charge in [-0.2, -0.15) is 0 Å². The molecule has 0 aliphatic rings. The molecule has 0 fully saturated rings. The van der Waals surface area contributed by atoms with E-state index in [1.165, 1.54) is 16.7 Å². The average Bonchev–Trinajstić information content (AvgIpc) is 2.39. The van der Waals surface area contributed by atoms with Gasteiger partial charge < -0.3 is 20.9 Å². The van der Waals surface area contributed by atoms with Gasteiger partial charge in [-0.15, -0.1) is 0 Å². The second-order valence-corrected chi connectivity index (χ2v) is 5.20. The van der Waals surface area contributed by atoms with Crippen LogP contribution in [0.5, 0.6) is 5.75 Å². The van der Waals surface area contributed by atoms with Crippen LogP contribution < -0.4 is 15.8 Å². The number of hydrogen-bond acceptors (Lipinski definition) is 4. The number of nitrogens with one attached hydrogen (secondary N) is 1. The van der Waals surface area contributed by atoms with Gasteiger partial charge in [-0.1, -0.05) is 19.9 Å². The van der Waals surface area contributed by atoms with Gasteiger partial charge in [-0.25, -0.2) is 0 Å². The van der Waals surface area contributed by atoms with E-state index in [9.17, 15) is 5.11 Å².